The van der Waals surface area contributed by atoms with E-state index in [0.29, 0.717) is 6.61 Å². The zero-order chi connectivity index (χ0) is 13.7. The second-order valence-electron chi connectivity index (χ2n) is 4.23. The fraction of sp³-hybridized carbons (Fsp3) is 0.545. The first kappa shape index (κ1) is 14.7. The van der Waals surface area contributed by atoms with Crippen LogP contribution < -0.4 is 5.32 Å². The fourth-order valence-corrected chi connectivity index (χ4v) is 1.59. The van der Waals surface area contributed by atoms with Gasteiger partial charge in [0.05, 0.1) is 22.6 Å². The minimum atomic E-state index is -0.509. The largest absolute Gasteiger partial charge is 0.383 e. The van der Waals surface area contributed by atoms with Gasteiger partial charge in [-0.2, -0.15) is 0 Å². The van der Waals surface area contributed by atoms with Crippen molar-refractivity contribution in [3.63, 3.8) is 0 Å². The highest BCUT2D eigenvalue weighted by molar-refractivity contribution is 6.30. The summed E-state index contributed by atoms with van der Waals surface area (Å²) < 4.78 is 5.08. The molecule has 7 heteroatoms. The molecule has 1 N–H and O–H groups in total. The van der Waals surface area contributed by atoms with Gasteiger partial charge in [0.25, 0.3) is 0 Å². The Kier molecular flexibility index (Phi) is 5.30. The van der Waals surface area contributed by atoms with Gasteiger partial charge in [0.1, 0.15) is 0 Å². The summed E-state index contributed by atoms with van der Waals surface area (Å²) in [5.74, 6) is 0.460. The van der Waals surface area contributed by atoms with Crippen LogP contribution in [0.5, 0.6) is 0 Å². The van der Waals surface area contributed by atoms with Gasteiger partial charge in [-0.3, -0.25) is 10.1 Å². The van der Waals surface area contributed by atoms with Gasteiger partial charge in [0, 0.05) is 19.4 Å². The topological polar surface area (TPSA) is 77.3 Å². The van der Waals surface area contributed by atoms with Gasteiger partial charge in [0.2, 0.25) is 5.82 Å². The summed E-state index contributed by atoms with van der Waals surface area (Å²) >= 11 is 5.70. The molecule has 0 aliphatic heterocycles. The molecule has 1 aromatic heterocycles. The van der Waals surface area contributed by atoms with Crippen molar-refractivity contribution in [3.8, 4) is 0 Å². The highest BCUT2D eigenvalue weighted by atomic mass is 35.5. The second-order valence-corrected chi connectivity index (χ2v) is 4.67. The van der Waals surface area contributed by atoms with Crippen LogP contribution in [0.1, 0.15) is 13.8 Å². The highest BCUT2D eigenvalue weighted by Gasteiger charge is 2.21. The molecule has 0 saturated heterocycles. The maximum Gasteiger partial charge on any atom is 0.312 e. The van der Waals surface area contributed by atoms with Crippen LogP contribution in [0.4, 0.5) is 11.5 Å². The van der Waals surface area contributed by atoms with Gasteiger partial charge in [-0.05, 0) is 5.92 Å². The van der Waals surface area contributed by atoms with Gasteiger partial charge in [-0.15, -0.1) is 0 Å². The van der Waals surface area contributed by atoms with Crippen molar-refractivity contribution in [3.05, 3.63) is 27.4 Å². The molecule has 1 aromatic rings. The van der Waals surface area contributed by atoms with Crippen LogP contribution >= 0.6 is 11.6 Å². The normalized spacial score (nSPS) is 12.5. The number of ether oxygens (including phenoxy) is 1. The maximum atomic E-state index is 10.9. The Balaban J connectivity index is 2.98. The first-order valence-electron chi connectivity index (χ1n) is 5.51. The van der Waals surface area contributed by atoms with Crippen molar-refractivity contribution in [1.82, 2.24) is 4.98 Å². The van der Waals surface area contributed by atoms with E-state index in [1.54, 1.807) is 7.11 Å². The average molecular weight is 274 g/mol. The van der Waals surface area contributed by atoms with E-state index >= 15 is 0 Å². The van der Waals surface area contributed by atoms with Crippen molar-refractivity contribution in [2.45, 2.75) is 19.9 Å². The van der Waals surface area contributed by atoms with Crippen molar-refractivity contribution < 1.29 is 9.66 Å². The number of rotatable bonds is 6. The first-order chi connectivity index (χ1) is 8.45. The lowest BCUT2D eigenvalue weighted by atomic mass is 10.1. The molecule has 100 valence electrons. The summed E-state index contributed by atoms with van der Waals surface area (Å²) in [5, 5.41) is 14.2. The van der Waals surface area contributed by atoms with Crippen LogP contribution in [-0.2, 0) is 4.74 Å². The zero-order valence-corrected chi connectivity index (χ0v) is 11.3. The number of hydrogen-bond acceptors (Lipinski definition) is 5. The smallest absolute Gasteiger partial charge is 0.312 e. The van der Waals surface area contributed by atoms with Crippen molar-refractivity contribution in [2.24, 2.45) is 5.92 Å². The van der Waals surface area contributed by atoms with E-state index in [-0.39, 0.29) is 28.5 Å². The second kappa shape index (κ2) is 6.51. The molecular formula is C11H16ClN3O3. The Morgan fingerprint density at radius 2 is 2.28 bits per heavy atom. The molecule has 0 aliphatic rings. The molecule has 0 radical (unpaired) electrons. The molecule has 18 heavy (non-hydrogen) atoms. The number of nitrogens with zero attached hydrogens (tertiary/aromatic N) is 2. The number of methoxy groups -OCH3 is 1. The van der Waals surface area contributed by atoms with Crippen LogP contribution in [0.15, 0.2) is 12.3 Å². The van der Waals surface area contributed by atoms with Crippen LogP contribution in [-0.4, -0.2) is 29.7 Å². The third kappa shape index (κ3) is 3.82. The van der Waals surface area contributed by atoms with Gasteiger partial charge in [-0.25, -0.2) is 4.98 Å². The third-order valence-electron chi connectivity index (χ3n) is 2.50. The molecule has 1 unspecified atom stereocenters. The minimum Gasteiger partial charge on any atom is -0.383 e. The fourth-order valence-electron chi connectivity index (χ4n) is 1.43. The molecule has 0 amide bonds. The molecule has 0 aromatic carbocycles. The molecule has 0 saturated carbocycles. The van der Waals surface area contributed by atoms with E-state index in [9.17, 15) is 10.1 Å². The molecule has 0 aliphatic carbocycles. The molecule has 0 fully saturated rings. The number of hydrogen-bond donors (Lipinski definition) is 1. The summed E-state index contributed by atoms with van der Waals surface area (Å²) in [7, 11) is 1.58. The molecular weight excluding hydrogens is 258 g/mol. The number of halogens is 1. The summed E-state index contributed by atoms with van der Waals surface area (Å²) in [6, 6.07) is 1.23. The van der Waals surface area contributed by atoms with Gasteiger partial charge in [-0.1, -0.05) is 25.4 Å². The Hall–Kier alpha value is -1.40. The number of anilines is 1. The van der Waals surface area contributed by atoms with Crippen molar-refractivity contribution in [1.29, 1.82) is 0 Å². The van der Waals surface area contributed by atoms with E-state index in [1.807, 2.05) is 13.8 Å². The number of aromatic nitrogens is 1. The number of nitro groups is 1. The molecule has 0 spiro atoms. The predicted octanol–water partition coefficient (Wildman–Crippen LogP) is 2.73. The van der Waals surface area contributed by atoms with E-state index in [2.05, 4.69) is 10.3 Å². The van der Waals surface area contributed by atoms with Gasteiger partial charge >= 0.3 is 5.69 Å². The number of nitrogens with one attached hydrogen (secondary N) is 1. The Morgan fingerprint density at radius 1 is 1.61 bits per heavy atom. The van der Waals surface area contributed by atoms with Crippen LogP contribution in [0, 0.1) is 16.0 Å². The SMILES string of the molecule is COCC(Nc1ncc(Cl)cc1[N+](=O)[O-])C(C)C. The Morgan fingerprint density at radius 3 is 2.78 bits per heavy atom. The molecule has 1 heterocycles. The summed E-state index contributed by atoms with van der Waals surface area (Å²) in [4.78, 5) is 14.4. The van der Waals surface area contributed by atoms with E-state index < -0.39 is 4.92 Å². The Labute approximate surface area is 110 Å². The molecule has 0 bridgehead atoms. The first-order valence-corrected chi connectivity index (χ1v) is 5.89. The van der Waals surface area contributed by atoms with Gasteiger partial charge in [0.15, 0.2) is 0 Å². The van der Waals surface area contributed by atoms with E-state index in [1.165, 1.54) is 12.3 Å². The quantitative estimate of drug-likeness (QED) is 0.637. The maximum absolute atomic E-state index is 10.9. The van der Waals surface area contributed by atoms with Crippen LogP contribution in [0.25, 0.3) is 0 Å². The third-order valence-corrected chi connectivity index (χ3v) is 2.71. The Bertz CT molecular complexity index is 426. The lowest BCUT2D eigenvalue weighted by molar-refractivity contribution is -0.384. The lowest BCUT2D eigenvalue weighted by Gasteiger charge is -2.21. The van der Waals surface area contributed by atoms with Crippen LogP contribution in [0.2, 0.25) is 5.02 Å². The predicted molar refractivity (Wildman–Crippen MR) is 70.0 cm³/mol. The van der Waals surface area contributed by atoms with Crippen molar-refractivity contribution >= 4 is 23.1 Å². The summed E-state index contributed by atoms with van der Waals surface area (Å²) in [6.07, 6.45) is 1.38. The summed E-state index contributed by atoms with van der Waals surface area (Å²) in [6.45, 7) is 4.44. The molecule has 6 nitrogen and oxygen atoms in total. The highest BCUT2D eigenvalue weighted by Crippen LogP contribution is 2.26. The van der Waals surface area contributed by atoms with Gasteiger partial charge < -0.3 is 10.1 Å². The molecule has 1 atom stereocenters. The monoisotopic (exact) mass is 273 g/mol. The van der Waals surface area contributed by atoms with E-state index in [0.717, 1.165) is 0 Å². The number of pyridine rings is 1. The minimum absolute atomic E-state index is 0.0534. The lowest BCUT2D eigenvalue weighted by Crippen LogP contribution is -2.31. The summed E-state index contributed by atoms with van der Waals surface area (Å²) in [5.41, 5.74) is -0.135. The standard InChI is InChI=1S/C11H16ClN3O3/c1-7(2)9(6-18-3)14-11-10(15(16)17)4-8(12)5-13-11/h4-5,7,9H,6H2,1-3H3,(H,13,14). The molecule has 1 rings (SSSR count). The van der Waals surface area contributed by atoms with Crippen LogP contribution in [0.3, 0.4) is 0 Å². The van der Waals surface area contributed by atoms with E-state index in [4.69, 9.17) is 16.3 Å². The van der Waals surface area contributed by atoms with Crippen molar-refractivity contribution in [2.75, 3.05) is 19.0 Å². The zero-order valence-electron chi connectivity index (χ0n) is 10.5. The average Bonchev–Trinajstić information content (AvgIpc) is 2.30.